The van der Waals surface area contributed by atoms with Gasteiger partial charge in [-0.3, -0.25) is 4.79 Å². The van der Waals surface area contributed by atoms with Crippen LogP contribution in [0.5, 0.6) is 5.75 Å². The van der Waals surface area contributed by atoms with Crippen molar-refractivity contribution in [1.82, 2.24) is 0 Å². The second-order valence-electron chi connectivity index (χ2n) is 3.93. The molecule has 2 rings (SSSR count). The molecule has 0 radical (unpaired) electrons. The van der Waals surface area contributed by atoms with Gasteiger partial charge in [0.1, 0.15) is 11.4 Å². The van der Waals surface area contributed by atoms with E-state index in [0.717, 1.165) is 5.56 Å². The molecule has 19 heavy (non-hydrogen) atoms. The molecule has 2 aromatic carbocycles. The van der Waals surface area contributed by atoms with Crippen molar-refractivity contribution in [3.05, 3.63) is 70.6 Å². The molecule has 0 fully saturated rings. The van der Waals surface area contributed by atoms with Gasteiger partial charge in [0.25, 0.3) is 0 Å². The van der Waals surface area contributed by atoms with Crippen molar-refractivity contribution in [2.75, 3.05) is 0 Å². The first kappa shape index (κ1) is 12.7. The first-order valence-electron chi connectivity index (χ1n) is 5.64. The lowest BCUT2D eigenvalue weighted by Gasteiger charge is -1.96. The molecular formula is C15H11NO3. The Bertz CT molecular complexity index is 613. The summed E-state index contributed by atoms with van der Waals surface area (Å²) in [5.41, 5.74) is 1.60. The molecule has 4 heteroatoms. The number of carbonyl (C=O) groups is 1. The lowest BCUT2D eigenvalue weighted by molar-refractivity contribution is 0.104. The third-order valence-corrected chi connectivity index (χ3v) is 2.58. The third kappa shape index (κ3) is 3.35. The van der Waals surface area contributed by atoms with E-state index in [9.17, 15) is 9.70 Å². The van der Waals surface area contributed by atoms with Crippen LogP contribution in [0.25, 0.3) is 6.08 Å². The van der Waals surface area contributed by atoms with Crippen LogP contribution in [0, 0.1) is 4.91 Å². The molecule has 94 valence electrons. The minimum absolute atomic E-state index is 0.162. The number of hydrogen-bond acceptors (Lipinski definition) is 4. The van der Waals surface area contributed by atoms with Crippen LogP contribution in [0.3, 0.4) is 0 Å². The summed E-state index contributed by atoms with van der Waals surface area (Å²) in [5, 5.41) is 11.9. The summed E-state index contributed by atoms with van der Waals surface area (Å²) in [5.74, 6) is 0.0194. The molecular weight excluding hydrogens is 242 g/mol. The molecule has 0 heterocycles. The van der Waals surface area contributed by atoms with Crippen molar-refractivity contribution in [2.45, 2.75) is 0 Å². The van der Waals surface area contributed by atoms with Gasteiger partial charge in [-0.15, -0.1) is 4.91 Å². The maximum atomic E-state index is 11.8. The first-order chi connectivity index (χ1) is 9.19. The fraction of sp³-hybridized carbons (Fsp3) is 0. The van der Waals surface area contributed by atoms with Crippen LogP contribution in [0.1, 0.15) is 15.9 Å². The van der Waals surface area contributed by atoms with E-state index in [-0.39, 0.29) is 11.5 Å². The number of benzene rings is 2. The molecule has 0 saturated heterocycles. The smallest absolute Gasteiger partial charge is 0.185 e. The minimum atomic E-state index is -0.162. The summed E-state index contributed by atoms with van der Waals surface area (Å²) in [7, 11) is 0. The Kier molecular flexibility index (Phi) is 3.83. The van der Waals surface area contributed by atoms with Gasteiger partial charge in [0.2, 0.25) is 0 Å². The average molecular weight is 253 g/mol. The number of phenolic OH excluding ortho intramolecular Hbond substituents is 1. The van der Waals surface area contributed by atoms with Gasteiger partial charge in [-0.05, 0) is 53.2 Å². The van der Waals surface area contributed by atoms with Gasteiger partial charge in [-0.2, -0.15) is 0 Å². The van der Waals surface area contributed by atoms with Crippen LogP contribution >= 0.6 is 0 Å². The van der Waals surface area contributed by atoms with Crippen LogP contribution in [0.4, 0.5) is 5.69 Å². The Morgan fingerprint density at radius 3 is 2.21 bits per heavy atom. The fourth-order valence-electron chi connectivity index (χ4n) is 1.54. The largest absolute Gasteiger partial charge is 0.508 e. The number of hydrogen-bond donors (Lipinski definition) is 1. The topological polar surface area (TPSA) is 66.7 Å². The number of allylic oxidation sites excluding steroid dienone is 1. The van der Waals surface area contributed by atoms with Crippen LogP contribution in [0.15, 0.2) is 59.8 Å². The molecule has 0 unspecified atom stereocenters. The highest BCUT2D eigenvalue weighted by Gasteiger charge is 2.01. The molecule has 0 spiro atoms. The Hall–Kier alpha value is -2.75. The zero-order valence-corrected chi connectivity index (χ0v) is 9.98. The monoisotopic (exact) mass is 253 g/mol. The van der Waals surface area contributed by atoms with E-state index in [4.69, 9.17) is 5.11 Å². The zero-order valence-electron chi connectivity index (χ0n) is 9.98. The van der Waals surface area contributed by atoms with E-state index < -0.39 is 0 Å². The van der Waals surface area contributed by atoms with Gasteiger partial charge in [-0.1, -0.05) is 18.2 Å². The van der Waals surface area contributed by atoms with E-state index in [2.05, 4.69) is 5.18 Å². The van der Waals surface area contributed by atoms with Gasteiger partial charge in [0, 0.05) is 5.56 Å². The SMILES string of the molecule is O=Nc1ccc(C(=O)/C=C/c2ccc(O)cc2)cc1. The maximum absolute atomic E-state index is 11.8. The van der Waals surface area contributed by atoms with E-state index in [1.165, 1.54) is 18.2 Å². The van der Waals surface area contributed by atoms with Gasteiger partial charge < -0.3 is 5.11 Å². The molecule has 0 amide bonds. The van der Waals surface area contributed by atoms with Crippen molar-refractivity contribution in [2.24, 2.45) is 5.18 Å². The van der Waals surface area contributed by atoms with Crippen molar-refractivity contribution < 1.29 is 9.90 Å². The maximum Gasteiger partial charge on any atom is 0.185 e. The highest BCUT2D eigenvalue weighted by atomic mass is 16.3. The second-order valence-corrected chi connectivity index (χ2v) is 3.93. The molecule has 0 aliphatic heterocycles. The number of nitroso groups, excluding NO2 is 1. The average Bonchev–Trinajstić information content (AvgIpc) is 2.46. The normalized spacial score (nSPS) is 10.5. The lowest BCUT2D eigenvalue weighted by atomic mass is 10.1. The van der Waals surface area contributed by atoms with Crippen LogP contribution in [0.2, 0.25) is 0 Å². The molecule has 0 atom stereocenters. The molecule has 0 bridgehead atoms. The first-order valence-corrected chi connectivity index (χ1v) is 5.64. The van der Waals surface area contributed by atoms with Crippen molar-refractivity contribution in [3.63, 3.8) is 0 Å². The molecule has 0 aromatic heterocycles. The summed E-state index contributed by atoms with van der Waals surface area (Å²) < 4.78 is 0. The number of carbonyl (C=O) groups excluding carboxylic acids is 1. The van der Waals surface area contributed by atoms with Crippen LogP contribution in [-0.4, -0.2) is 10.9 Å². The number of aromatic hydroxyl groups is 1. The van der Waals surface area contributed by atoms with Crippen molar-refractivity contribution in [3.8, 4) is 5.75 Å². The molecule has 4 nitrogen and oxygen atoms in total. The molecule has 1 N–H and O–H groups in total. The second kappa shape index (κ2) is 5.73. The Morgan fingerprint density at radius 2 is 1.63 bits per heavy atom. The van der Waals surface area contributed by atoms with E-state index in [1.807, 2.05) is 0 Å². The molecule has 0 aliphatic carbocycles. The number of nitrogens with zero attached hydrogens (tertiary/aromatic N) is 1. The van der Waals surface area contributed by atoms with E-state index >= 15 is 0 Å². The van der Waals surface area contributed by atoms with Crippen molar-refractivity contribution in [1.29, 1.82) is 0 Å². The van der Waals surface area contributed by atoms with Gasteiger partial charge >= 0.3 is 0 Å². The number of rotatable bonds is 4. The predicted octanol–water partition coefficient (Wildman–Crippen LogP) is 3.69. The highest BCUT2D eigenvalue weighted by Crippen LogP contribution is 2.14. The molecule has 0 aliphatic rings. The Labute approximate surface area is 110 Å². The van der Waals surface area contributed by atoms with Crippen molar-refractivity contribution >= 4 is 17.5 Å². The summed E-state index contributed by atoms with van der Waals surface area (Å²) >= 11 is 0. The third-order valence-electron chi connectivity index (χ3n) is 2.58. The number of phenols is 1. The number of ketones is 1. The molecule has 0 saturated carbocycles. The fourth-order valence-corrected chi connectivity index (χ4v) is 1.54. The summed E-state index contributed by atoms with van der Waals surface area (Å²) in [6.45, 7) is 0. The minimum Gasteiger partial charge on any atom is -0.508 e. The summed E-state index contributed by atoms with van der Waals surface area (Å²) in [6.07, 6.45) is 3.10. The van der Waals surface area contributed by atoms with E-state index in [0.29, 0.717) is 11.3 Å². The Balaban J connectivity index is 2.11. The van der Waals surface area contributed by atoms with Gasteiger partial charge in [0.15, 0.2) is 5.78 Å². The lowest BCUT2D eigenvalue weighted by Crippen LogP contribution is -1.92. The molecule has 2 aromatic rings. The quantitative estimate of drug-likeness (QED) is 0.513. The predicted molar refractivity (Wildman–Crippen MR) is 73.4 cm³/mol. The standard InChI is InChI=1S/C15H11NO3/c17-14-8-1-11(2-9-14)3-10-15(18)12-4-6-13(16-19)7-5-12/h1-10,17H/b10-3+. The summed E-state index contributed by atoms with van der Waals surface area (Å²) in [6, 6.07) is 12.6. The summed E-state index contributed by atoms with van der Waals surface area (Å²) in [4.78, 5) is 22.1. The van der Waals surface area contributed by atoms with E-state index in [1.54, 1.807) is 42.5 Å². The van der Waals surface area contributed by atoms with Gasteiger partial charge in [-0.25, -0.2) is 0 Å². The van der Waals surface area contributed by atoms with Gasteiger partial charge in [0.05, 0.1) is 0 Å². The highest BCUT2D eigenvalue weighted by molar-refractivity contribution is 6.06. The zero-order chi connectivity index (χ0) is 13.7. The van der Waals surface area contributed by atoms with Crippen LogP contribution < -0.4 is 0 Å². The van der Waals surface area contributed by atoms with Crippen LogP contribution in [-0.2, 0) is 0 Å². The Morgan fingerprint density at radius 1 is 1.00 bits per heavy atom.